The Labute approximate surface area is 166 Å². The van der Waals surface area contributed by atoms with E-state index in [2.05, 4.69) is 20.8 Å². The maximum Gasteiger partial charge on any atom is 0.255 e. The Balaban J connectivity index is 1.38. The van der Waals surface area contributed by atoms with Crippen LogP contribution in [0.5, 0.6) is 5.75 Å². The number of rotatable bonds is 4. The van der Waals surface area contributed by atoms with Crippen molar-refractivity contribution in [2.45, 2.75) is 18.9 Å². The van der Waals surface area contributed by atoms with Gasteiger partial charge in [-0.25, -0.2) is 4.68 Å². The van der Waals surface area contributed by atoms with Gasteiger partial charge >= 0.3 is 0 Å². The van der Waals surface area contributed by atoms with Crippen LogP contribution in [0.15, 0.2) is 48.0 Å². The van der Waals surface area contributed by atoms with E-state index in [-0.39, 0.29) is 12.5 Å². The second-order valence-corrected chi connectivity index (χ2v) is 7.29. The van der Waals surface area contributed by atoms with Crippen molar-refractivity contribution >= 4 is 29.3 Å². The number of fused-ring (bicyclic) bond motifs is 1. The summed E-state index contributed by atoms with van der Waals surface area (Å²) in [5.74, 6) is 1.21. The van der Waals surface area contributed by atoms with Crippen molar-refractivity contribution in [2.24, 2.45) is 0 Å². The molecule has 1 aliphatic carbocycles. The quantitative estimate of drug-likeness (QED) is 0.730. The predicted molar refractivity (Wildman–Crippen MR) is 105 cm³/mol. The Morgan fingerprint density at radius 3 is 2.96 bits per heavy atom. The summed E-state index contributed by atoms with van der Waals surface area (Å²) in [5.41, 5.74) is 2.86. The van der Waals surface area contributed by atoms with E-state index in [4.69, 9.17) is 16.3 Å². The van der Waals surface area contributed by atoms with Crippen molar-refractivity contribution in [3.05, 3.63) is 58.6 Å². The van der Waals surface area contributed by atoms with Gasteiger partial charge in [-0.1, -0.05) is 23.7 Å². The molecule has 1 N–H and O–H groups in total. The lowest BCUT2D eigenvalue weighted by atomic mass is 10.1. The lowest BCUT2D eigenvalue weighted by Gasteiger charge is -2.18. The number of aromatic nitrogens is 4. The second-order valence-electron chi connectivity index (χ2n) is 6.85. The molecule has 28 heavy (non-hydrogen) atoms. The molecule has 140 valence electrons. The molecule has 1 amide bonds. The molecule has 1 saturated carbocycles. The molecule has 0 atom stereocenters. The first-order valence-corrected chi connectivity index (χ1v) is 9.38. The average molecular weight is 394 g/mol. The van der Waals surface area contributed by atoms with E-state index < -0.39 is 0 Å². The summed E-state index contributed by atoms with van der Waals surface area (Å²) in [6, 6.07) is 13.2. The highest BCUT2D eigenvalue weighted by molar-refractivity contribution is 6.30. The van der Waals surface area contributed by atoms with Gasteiger partial charge in [-0.15, -0.1) is 5.10 Å². The lowest BCUT2D eigenvalue weighted by Crippen LogP contribution is -2.21. The summed E-state index contributed by atoms with van der Waals surface area (Å²) in [4.78, 5) is 12.7. The SMILES string of the molecule is O=C(Nc1cccc(-c2nnnn2C2CC2)c1)C1=Cc2cc(Cl)ccc2OC1. The number of amides is 1. The Kier molecular flexibility index (Phi) is 4.09. The van der Waals surface area contributed by atoms with Crippen molar-refractivity contribution in [1.29, 1.82) is 0 Å². The summed E-state index contributed by atoms with van der Waals surface area (Å²) >= 11 is 6.04. The summed E-state index contributed by atoms with van der Waals surface area (Å²) in [6.45, 7) is 0.208. The first kappa shape index (κ1) is 16.9. The van der Waals surface area contributed by atoms with Crippen LogP contribution in [0.2, 0.25) is 5.02 Å². The van der Waals surface area contributed by atoms with Crippen LogP contribution in [-0.2, 0) is 4.79 Å². The zero-order valence-electron chi connectivity index (χ0n) is 14.8. The Morgan fingerprint density at radius 1 is 1.21 bits per heavy atom. The Bertz CT molecular complexity index is 1100. The highest BCUT2D eigenvalue weighted by Crippen LogP contribution is 2.37. The minimum Gasteiger partial charge on any atom is -0.488 e. The zero-order valence-corrected chi connectivity index (χ0v) is 15.6. The van der Waals surface area contributed by atoms with E-state index >= 15 is 0 Å². The number of tetrazole rings is 1. The third kappa shape index (κ3) is 3.25. The van der Waals surface area contributed by atoms with Gasteiger partial charge in [-0.05, 0) is 59.7 Å². The van der Waals surface area contributed by atoms with Crippen LogP contribution in [0.3, 0.4) is 0 Å². The van der Waals surface area contributed by atoms with Crippen molar-refractivity contribution in [1.82, 2.24) is 20.2 Å². The number of benzene rings is 2. The van der Waals surface area contributed by atoms with Crippen LogP contribution in [0.25, 0.3) is 17.5 Å². The molecule has 3 aromatic rings. The molecule has 7 nitrogen and oxygen atoms in total. The number of ether oxygens (including phenoxy) is 1. The summed E-state index contributed by atoms with van der Waals surface area (Å²) < 4.78 is 7.51. The van der Waals surface area contributed by atoms with Crippen LogP contribution in [0, 0.1) is 0 Å². The summed E-state index contributed by atoms with van der Waals surface area (Å²) in [5, 5.41) is 15.5. The Morgan fingerprint density at radius 2 is 2.11 bits per heavy atom. The van der Waals surface area contributed by atoms with Crippen LogP contribution in [0.1, 0.15) is 24.4 Å². The van der Waals surface area contributed by atoms with E-state index in [1.54, 1.807) is 24.3 Å². The largest absolute Gasteiger partial charge is 0.488 e. The van der Waals surface area contributed by atoms with E-state index in [0.29, 0.717) is 28.1 Å². The van der Waals surface area contributed by atoms with Gasteiger partial charge in [0.05, 0.1) is 11.6 Å². The molecule has 0 spiro atoms. The first-order valence-electron chi connectivity index (χ1n) is 9.00. The first-order chi connectivity index (χ1) is 13.7. The summed E-state index contributed by atoms with van der Waals surface area (Å²) in [6.07, 6.45) is 3.99. The number of nitrogens with one attached hydrogen (secondary N) is 1. The molecular formula is C20H16ClN5O2. The second kappa shape index (κ2) is 6.76. The molecular weight excluding hydrogens is 378 g/mol. The average Bonchev–Trinajstić information content (AvgIpc) is 3.43. The highest BCUT2D eigenvalue weighted by atomic mass is 35.5. The number of hydrogen-bond acceptors (Lipinski definition) is 5. The third-order valence-electron chi connectivity index (χ3n) is 4.74. The van der Waals surface area contributed by atoms with Crippen molar-refractivity contribution < 1.29 is 9.53 Å². The van der Waals surface area contributed by atoms with Gasteiger partial charge in [0.15, 0.2) is 5.82 Å². The standard InChI is InChI=1S/C20H16ClN5O2/c21-15-4-7-18-13(9-15)8-14(11-28-18)20(27)22-16-3-1-2-12(10-16)19-23-24-25-26(19)17-5-6-17/h1-4,7-10,17H,5-6,11H2,(H,22,27). The normalized spacial score (nSPS) is 15.4. The fourth-order valence-electron chi connectivity index (χ4n) is 3.18. The monoisotopic (exact) mass is 393 g/mol. The molecule has 8 heteroatoms. The zero-order chi connectivity index (χ0) is 19.1. The highest BCUT2D eigenvalue weighted by Gasteiger charge is 2.28. The molecule has 0 unspecified atom stereocenters. The van der Waals surface area contributed by atoms with Crippen LogP contribution >= 0.6 is 11.6 Å². The number of nitrogens with zero attached hydrogens (tertiary/aromatic N) is 4. The minimum absolute atomic E-state index is 0.208. The van der Waals surface area contributed by atoms with Gasteiger partial charge in [0.1, 0.15) is 12.4 Å². The van der Waals surface area contributed by atoms with Gasteiger partial charge < -0.3 is 10.1 Å². The van der Waals surface area contributed by atoms with Crippen molar-refractivity contribution in [3.63, 3.8) is 0 Å². The van der Waals surface area contributed by atoms with Crippen LogP contribution in [-0.4, -0.2) is 32.7 Å². The topological polar surface area (TPSA) is 81.9 Å². The molecule has 2 aromatic carbocycles. The lowest BCUT2D eigenvalue weighted by molar-refractivity contribution is -0.113. The number of hydrogen-bond donors (Lipinski definition) is 1. The number of anilines is 1. The van der Waals surface area contributed by atoms with Gasteiger partial charge in [0.2, 0.25) is 0 Å². The van der Waals surface area contributed by atoms with Gasteiger partial charge in [-0.2, -0.15) is 0 Å². The smallest absolute Gasteiger partial charge is 0.255 e. The maximum absolute atomic E-state index is 12.7. The molecule has 0 bridgehead atoms. The molecule has 0 saturated heterocycles. The molecule has 2 aliphatic rings. The number of carbonyl (C=O) groups is 1. The van der Waals surface area contributed by atoms with E-state index in [1.165, 1.54) is 0 Å². The van der Waals surface area contributed by atoms with E-state index in [1.807, 2.05) is 28.9 Å². The summed E-state index contributed by atoms with van der Waals surface area (Å²) in [7, 11) is 0. The Hall–Kier alpha value is -3.19. The van der Waals surface area contributed by atoms with Crippen molar-refractivity contribution in [3.8, 4) is 17.1 Å². The number of carbonyl (C=O) groups excluding carboxylic acids is 1. The molecule has 1 aliphatic heterocycles. The van der Waals surface area contributed by atoms with E-state index in [9.17, 15) is 4.79 Å². The predicted octanol–water partition coefficient (Wildman–Crippen LogP) is 3.74. The fraction of sp³-hybridized carbons (Fsp3) is 0.200. The molecule has 0 radical (unpaired) electrons. The molecule has 1 aromatic heterocycles. The van der Waals surface area contributed by atoms with Crippen molar-refractivity contribution in [2.75, 3.05) is 11.9 Å². The minimum atomic E-state index is -0.218. The van der Waals surface area contributed by atoms with Gasteiger partial charge in [0.25, 0.3) is 5.91 Å². The maximum atomic E-state index is 12.7. The van der Waals surface area contributed by atoms with Gasteiger partial charge in [-0.3, -0.25) is 4.79 Å². The molecule has 2 heterocycles. The third-order valence-corrected chi connectivity index (χ3v) is 4.98. The molecule has 5 rings (SSSR count). The van der Waals surface area contributed by atoms with E-state index in [0.717, 1.165) is 29.7 Å². The fourth-order valence-corrected chi connectivity index (χ4v) is 3.36. The van der Waals surface area contributed by atoms with Gasteiger partial charge in [0, 0.05) is 21.8 Å². The number of halogens is 1. The van der Waals surface area contributed by atoms with Crippen LogP contribution in [0.4, 0.5) is 5.69 Å². The van der Waals surface area contributed by atoms with Crippen LogP contribution < -0.4 is 10.1 Å². The molecule has 1 fully saturated rings.